The van der Waals surface area contributed by atoms with Crippen molar-refractivity contribution in [2.75, 3.05) is 6.61 Å². The number of imidazole rings is 1. The van der Waals surface area contributed by atoms with Gasteiger partial charge in [-0.25, -0.2) is 9.67 Å². The fourth-order valence-electron chi connectivity index (χ4n) is 4.60. The number of carbonyl (C=O) groups is 1. The largest absolute Gasteiger partial charge is 0.376 e. The lowest BCUT2D eigenvalue weighted by Crippen LogP contribution is -2.40. The molecule has 0 unspecified atom stereocenters. The second-order valence-electron chi connectivity index (χ2n) is 8.16. The van der Waals surface area contributed by atoms with E-state index in [0.717, 1.165) is 54.7 Å². The lowest BCUT2D eigenvalue weighted by atomic mass is 9.91. The Morgan fingerprint density at radius 1 is 1.23 bits per heavy atom. The lowest BCUT2D eigenvalue weighted by Gasteiger charge is -2.30. The predicted molar refractivity (Wildman–Crippen MR) is 111 cm³/mol. The molecule has 8 nitrogen and oxygen atoms in total. The maximum absolute atomic E-state index is 12.9. The molecule has 4 heterocycles. The van der Waals surface area contributed by atoms with Crippen molar-refractivity contribution >= 4 is 11.6 Å². The van der Waals surface area contributed by atoms with Gasteiger partial charge in [0.25, 0.3) is 11.5 Å². The number of aromatic nitrogens is 4. The van der Waals surface area contributed by atoms with E-state index in [1.54, 1.807) is 10.7 Å². The molecule has 3 aromatic heterocycles. The summed E-state index contributed by atoms with van der Waals surface area (Å²) in [5.74, 6) is -0.0984. The van der Waals surface area contributed by atoms with Crippen LogP contribution < -0.4 is 10.9 Å². The summed E-state index contributed by atoms with van der Waals surface area (Å²) in [5, 5.41) is 7.80. The molecular weight excluding hydrogens is 382 g/mol. The van der Waals surface area contributed by atoms with Crippen molar-refractivity contribution in [1.82, 2.24) is 24.5 Å². The van der Waals surface area contributed by atoms with Crippen LogP contribution in [0.4, 0.5) is 0 Å². The van der Waals surface area contributed by atoms with E-state index >= 15 is 0 Å². The third-order valence-electron chi connectivity index (χ3n) is 6.16. The maximum atomic E-state index is 12.9. The molecule has 8 heteroatoms. The highest BCUT2D eigenvalue weighted by Crippen LogP contribution is 2.28. The number of nitrogens with zero attached hydrogens (tertiary/aromatic N) is 4. The Balaban J connectivity index is 1.27. The molecule has 3 aromatic rings. The van der Waals surface area contributed by atoms with E-state index in [-0.39, 0.29) is 23.6 Å². The molecular formula is C22H25N5O3. The van der Waals surface area contributed by atoms with Crippen LogP contribution in [0.2, 0.25) is 0 Å². The summed E-state index contributed by atoms with van der Waals surface area (Å²) < 4.78 is 8.90. The van der Waals surface area contributed by atoms with Crippen LogP contribution in [0, 0.1) is 6.92 Å². The van der Waals surface area contributed by atoms with E-state index in [1.165, 1.54) is 0 Å². The molecule has 0 bridgehead atoms. The number of amides is 1. The Morgan fingerprint density at radius 3 is 2.90 bits per heavy atom. The number of nitrogens with one attached hydrogen (secondary N) is 1. The van der Waals surface area contributed by atoms with E-state index in [2.05, 4.69) is 15.4 Å². The molecule has 1 fully saturated rings. The minimum atomic E-state index is -0.0984. The predicted octanol–water partition coefficient (Wildman–Crippen LogP) is 2.19. The van der Waals surface area contributed by atoms with Crippen LogP contribution in [-0.4, -0.2) is 37.7 Å². The zero-order valence-electron chi connectivity index (χ0n) is 17.0. The molecule has 1 amide bonds. The third kappa shape index (κ3) is 3.41. The Hall–Kier alpha value is -3.00. The van der Waals surface area contributed by atoms with Crippen molar-refractivity contribution in [1.29, 1.82) is 0 Å². The molecule has 1 N–H and O–H groups in total. The smallest absolute Gasteiger partial charge is 0.270 e. The summed E-state index contributed by atoms with van der Waals surface area (Å²) in [6.45, 7) is 2.98. The van der Waals surface area contributed by atoms with Gasteiger partial charge in [0.2, 0.25) is 0 Å². The summed E-state index contributed by atoms with van der Waals surface area (Å²) in [6, 6.07) is 7.54. The molecule has 1 aliphatic heterocycles. The van der Waals surface area contributed by atoms with Gasteiger partial charge < -0.3 is 10.1 Å². The van der Waals surface area contributed by atoms with Gasteiger partial charge in [0.15, 0.2) is 0 Å². The van der Waals surface area contributed by atoms with Gasteiger partial charge in [-0.15, -0.1) is 0 Å². The number of ether oxygens (including phenoxy) is 1. The van der Waals surface area contributed by atoms with E-state index in [9.17, 15) is 9.59 Å². The molecule has 2 aliphatic rings. The lowest BCUT2D eigenvalue weighted by molar-refractivity contribution is 0.0914. The van der Waals surface area contributed by atoms with Gasteiger partial charge >= 0.3 is 0 Å². The SMILES string of the molecule is Cc1nc2ccccn2c1C(=O)NC1CCC(n2nc3c(cc2=O)COCC3)CC1. The van der Waals surface area contributed by atoms with Crippen LogP contribution in [0.5, 0.6) is 0 Å². The summed E-state index contributed by atoms with van der Waals surface area (Å²) >= 11 is 0. The average molecular weight is 407 g/mol. The molecule has 30 heavy (non-hydrogen) atoms. The van der Waals surface area contributed by atoms with Crippen molar-refractivity contribution in [2.24, 2.45) is 0 Å². The van der Waals surface area contributed by atoms with Crippen LogP contribution in [0.3, 0.4) is 0 Å². The highest BCUT2D eigenvalue weighted by Gasteiger charge is 2.27. The topological polar surface area (TPSA) is 90.5 Å². The van der Waals surface area contributed by atoms with Gasteiger partial charge in [-0.05, 0) is 44.7 Å². The first-order valence-electron chi connectivity index (χ1n) is 10.5. The van der Waals surface area contributed by atoms with E-state index in [4.69, 9.17) is 4.74 Å². The second-order valence-corrected chi connectivity index (χ2v) is 8.16. The molecule has 5 rings (SSSR count). The summed E-state index contributed by atoms with van der Waals surface area (Å²) in [4.78, 5) is 29.9. The highest BCUT2D eigenvalue weighted by atomic mass is 16.5. The van der Waals surface area contributed by atoms with E-state index < -0.39 is 0 Å². The fourth-order valence-corrected chi connectivity index (χ4v) is 4.60. The van der Waals surface area contributed by atoms with Crippen LogP contribution in [-0.2, 0) is 17.8 Å². The molecule has 0 radical (unpaired) electrons. The minimum absolute atomic E-state index is 0.0620. The Bertz CT molecular complexity index is 1160. The first-order chi connectivity index (χ1) is 14.6. The van der Waals surface area contributed by atoms with Gasteiger partial charge in [-0.3, -0.25) is 14.0 Å². The van der Waals surface area contributed by atoms with Crippen molar-refractivity contribution in [2.45, 2.75) is 57.7 Å². The molecule has 0 atom stereocenters. The zero-order chi connectivity index (χ0) is 20.7. The number of carbonyl (C=O) groups excluding carboxylic acids is 1. The van der Waals surface area contributed by atoms with Crippen molar-refractivity contribution in [3.63, 3.8) is 0 Å². The number of pyridine rings is 1. The second kappa shape index (κ2) is 7.68. The summed E-state index contributed by atoms with van der Waals surface area (Å²) in [5.41, 5.74) is 3.90. The molecule has 0 spiro atoms. The Morgan fingerprint density at radius 2 is 2.07 bits per heavy atom. The third-order valence-corrected chi connectivity index (χ3v) is 6.16. The van der Waals surface area contributed by atoms with Gasteiger partial charge in [-0.1, -0.05) is 6.07 Å². The first-order valence-corrected chi connectivity index (χ1v) is 10.5. The van der Waals surface area contributed by atoms with Crippen LogP contribution >= 0.6 is 0 Å². The number of fused-ring (bicyclic) bond motifs is 2. The van der Waals surface area contributed by atoms with Gasteiger partial charge in [0, 0.05) is 30.3 Å². The van der Waals surface area contributed by atoms with Gasteiger partial charge in [-0.2, -0.15) is 5.10 Å². The maximum Gasteiger partial charge on any atom is 0.270 e. The molecule has 1 saturated carbocycles. The Labute approximate surface area is 173 Å². The quantitative estimate of drug-likeness (QED) is 0.719. The molecule has 0 aromatic carbocycles. The summed E-state index contributed by atoms with van der Waals surface area (Å²) in [7, 11) is 0. The van der Waals surface area contributed by atoms with Crippen molar-refractivity contribution < 1.29 is 9.53 Å². The van der Waals surface area contributed by atoms with Crippen molar-refractivity contribution in [3.05, 3.63) is 63.5 Å². The van der Waals surface area contributed by atoms with Crippen LogP contribution in [0.15, 0.2) is 35.3 Å². The number of hydrogen-bond acceptors (Lipinski definition) is 5. The van der Waals surface area contributed by atoms with E-state index in [1.807, 2.05) is 35.7 Å². The molecule has 1 aliphatic carbocycles. The van der Waals surface area contributed by atoms with Gasteiger partial charge in [0.1, 0.15) is 11.3 Å². The normalized spacial score (nSPS) is 21.4. The Kier molecular flexibility index (Phi) is 4.86. The number of hydrogen-bond donors (Lipinski definition) is 1. The van der Waals surface area contributed by atoms with Crippen LogP contribution in [0.25, 0.3) is 5.65 Å². The zero-order valence-corrected chi connectivity index (χ0v) is 17.0. The molecule has 0 saturated heterocycles. The summed E-state index contributed by atoms with van der Waals surface area (Å²) in [6.07, 6.45) is 5.89. The first kappa shape index (κ1) is 19.0. The monoisotopic (exact) mass is 407 g/mol. The van der Waals surface area contributed by atoms with Gasteiger partial charge in [0.05, 0.1) is 30.6 Å². The van der Waals surface area contributed by atoms with E-state index in [0.29, 0.717) is 18.9 Å². The molecule has 156 valence electrons. The average Bonchev–Trinajstić information content (AvgIpc) is 3.09. The standard InChI is InChI=1S/C22H25N5O3/c1-14-21(26-10-3-2-4-19(26)23-14)22(29)24-16-5-7-17(8-6-16)27-20(28)12-15-13-30-11-9-18(15)25-27/h2-4,10,12,16-17H,5-9,11,13H2,1H3,(H,24,29). The number of aryl methyl sites for hydroxylation is 1. The fraction of sp³-hybridized carbons (Fsp3) is 0.455. The highest BCUT2D eigenvalue weighted by molar-refractivity contribution is 5.94. The van der Waals surface area contributed by atoms with Crippen molar-refractivity contribution in [3.8, 4) is 0 Å². The minimum Gasteiger partial charge on any atom is -0.376 e. The van der Waals surface area contributed by atoms with Crippen LogP contribution in [0.1, 0.15) is 59.2 Å². The number of rotatable bonds is 3.